The van der Waals surface area contributed by atoms with E-state index in [1.54, 1.807) is 12.1 Å². The molecule has 4 amide bonds. The van der Waals surface area contributed by atoms with Crippen LogP contribution >= 0.6 is 0 Å². The van der Waals surface area contributed by atoms with E-state index in [2.05, 4.69) is 26.9 Å². The number of para-hydroxylation sites is 1. The third-order valence-electron chi connectivity index (χ3n) is 13.1. The van der Waals surface area contributed by atoms with Gasteiger partial charge in [0.1, 0.15) is 0 Å². The molecule has 3 aliphatic carbocycles. The summed E-state index contributed by atoms with van der Waals surface area (Å²) in [6.07, 6.45) is 10.8. The molecule has 1 aromatic carbocycles. The maximum absolute atomic E-state index is 14.9. The number of benzene rings is 1. The number of nitrogens with one attached hydrogen (secondary N) is 4. The van der Waals surface area contributed by atoms with E-state index < -0.39 is 91.6 Å². The number of nitrogens with zero attached hydrogens (tertiary/aromatic N) is 1. The Balaban J connectivity index is 1.14. The van der Waals surface area contributed by atoms with Crippen molar-refractivity contribution in [3.8, 4) is 5.88 Å². The van der Waals surface area contributed by atoms with Crippen LogP contribution in [0.2, 0.25) is 0 Å². The second-order valence-corrected chi connectivity index (χ2v) is 22.6. The second kappa shape index (κ2) is 15.8. The number of carbonyl (C=O) groups is 4. The molecule has 2 saturated heterocycles. The number of ether oxygens (including phenoxy) is 2. The number of hydrogen-bond donors (Lipinski definition) is 4. The van der Waals surface area contributed by atoms with Crippen LogP contribution in [0.1, 0.15) is 102 Å². The molecule has 4 N–H and O–H groups in total. The Hall–Kier alpha value is -3.67. The number of hydrogen-bond acceptors (Lipinski definition) is 9. The molecule has 57 heavy (non-hydrogen) atoms. The number of amides is 4. The number of pyridine rings is 1. The third-order valence-corrected chi connectivity index (χ3v) is 18.7. The predicted molar refractivity (Wildman–Crippen MR) is 207 cm³/mol. The number of carbonyl (C=O) groups excluding carboxylic acids is 4. The molecule has 2 aromatic rings. The van der Waals surface area contributed by atoms with Crippen molar-refractivity contribution in [3.05, 3.63) is 52.7 Å². The molecule has 0 radical (unpaired) electrons. The van der Waals surface area contributed by atoms with Gasteiger partial charge in [0.05, 0.1) is 0 Å². The summed E-state index contributed by atoms with van der Waals surface area (Å²) in [6.45, 7) is 5.79. The molecule has 3 saturated carbocycles. The molecule has 6 aliphatic rings. The van der Waals surface area contributed by atoms with Gasteiger partial charge < -0.3 is 0 Å². The normalized spacial score (nSPS) is 32.6. The van der Waals surface area contributed by atoms with Crippen LogP contribution in [0.5, 0.6) is 5.88 Å². The standard InChI is InChI=1S/C41H53IN5O9S/c1-3-32-41(42-32,38(51)46-57(53,54)27-19-20-27)45-35(49)31-22-26-23-47(31)37(50)33(24-12-7-8-13-24)44-39(52)56-40(2)21-11-15-25(40)14-5-4-6-17-29-34(48)28-16-9-10-18-30(28)43-36(29)55-26/h3,9-10,16,18,24-27,31-33H,1,4-8,11-15,17,19-23H2,2H3,(H,43,48)(H,44,52)(H,45,49)(H,46,51)/q-1/t25-,26-,31+,32+,33+,40-,41-/m1/s1. The molecule has 5 fully saturated rings. The number of H-pyrrole nitrogens is 1. The number of alkyl carbamates (subject to hydrolysis) is 1. The first kappa shape index (κ1) is 40.1. The topological polar surface area (TPSA) is 193 Å². The van der Waals surface area contributed by atoms with Crippen molar-refractivity contribution >= 4 is 44.7 Å². The van der Waals surface area contributed by atoms with Gasteiger partial charge in [-0.25, -0.2) is 0 Å². The number of fused-ring (bicyclic) bond motifs is 5. The molecular formula is C41H53IN5O9S-. The average molecular weight is 919 g/mol. The number of rotatable bonds is 7. The summed E-state index contributed by atoms with van der Waals surface area (Å²) >= 11 is -1.05. The summed E-state index contributed by atoms with van der Waals surface area (Å²) in [5.41, 5.74) is 0.301. The van der Waals surface area contributed by atoms with E-state index in [-0.39, 0.29) is 30.2 Å². The van der Waals surface area contributed by atoms with Gasteiger partial charge in [0.15, 0.2) is 0 Å². The van der Waals surface area contributed by atoms with E-state index in [4.69, 9.17) is 9.47 Å². The van der Waals surface area contributed by atoms with Crippen molar-refractivity contribution in [3.63, 3.8) is 0 Å². The Morgan fingerprint density at radius 2 is 1.74 bits per heavy atom. The third kappa shape index (κ3) is 8.05. The van der Waals surface area contributed by atoms with Crippen molar-refractivity contribution in [2.75, 3.05) is 6.54 Å². The zero-order valence-electron chi connectivity index (χ0n) is 32.4. The van der Waals surface area contributed by atoms with Gasteiger partial charge in [0, 0.05) is 0 Å². The molecule has 8 rings (SSSR count). The zero-order chi connectivity index (χ0) is 40.1. The fourth-order valence-corrected chi connectivity index (χ4v) is 13.8. The Labute approximate surface area is 343 Å². The first-order chi connectivity index (χ1) is 27.3. The zero-order valence-corrected chi connectivity index (χ0v) is 35.3. The van der Waals surface area contributed by atoms with Crippen LogP contribution in [-0.2, 0) is 35.6 Å². The SMILES string of the molecule is C=C[C@@H]1[I-][C@]1(NC(=O)[C@@H]1C[C@@H]2CN1C(=O)[C@H](C1CCCC1)NC(=O)O[C@]1(C)CCC[C@H]1CCCCCc1c([nH]c3ccccc3c1=O)O2)C(=O)NS(=O)(=O)C1CC1. The predicted octanol–water partition coefficient (Wildman–Crippen LogP) is 0.915. The van der Waals surface area contributed by atoms with Crippen LogP contribution in [-0.4, -0.2) is 85.2 Å². The van der Waals surface area contributed by atoms with E-state index >= 15 is 0 Å². The number of sulfonamides is 1. The van der Waals surface area contributed by atoms with E-state index in [0.29, 0.717) is 54.5 Å². The number of aromatic nitrogens is 1. The molecule has 0 spiro atoms. The summed E-state index contributed by atoms with van der Waals surface area (Å²) in [6, 6.07) is 5.15. The molecule has 310 valence electrons. The molecule has 0 unspecified atom stereocenters. The first-order valence-electron chi connectivity index (χ1n) is 20.6. The summed E-state index contributed by atoms with van der Waals surface area (Å²) in [4.78, 5) is 75.7. The molecule has 3 aliphatic heterocycles. The second-order valence-electron chi connectivity index (χ2n) is 17.0. The van der Waals surface area contributed by atoms with Gasteiger partial charge in [-0.2, -0.15) is 0 Å². The Morgan fingerprint density at radius 1 is 1.00 bits per heavy atom. The maximum atomic E-state index is 14.9. The van der Waals surface area contributed by atoms with Crippen molar-refractivity contribution in [2.24, 2.45) is 11.8 Å². The van der Waals surface area contributed by atoms with E-state index in [9.17, 15) is 32.4 Å². The van der Waals surface area contributed by atoms with E-state index in [0.717, 1.165) is 57.8 Å². The molecule has 1 aromatic heterocycles. The van der Waals surface area contributed by atoms with E-state index in [1.807, 2.05) is 25.1 Å². The van der Waals surface area contributed by atoms with Crippen LogP contribution < -0.4 is 46.7 Å². The van der Waals surface area contributed by atoms with Crippen LogP contribution in [0.25, 0.3) is 10.9 Å². The van der Waals surface area contributed by atoms with Crippen LogP contribution in [0.3, 0.4) is 0 Å². The van der Waals surface area contributed by atoms with E-state index in [1.165, 1.54) is 4.90 Å². The van der Waals surface area contributed by atoms with Crippen molar-refractivity contribution in [2.45, 2.75) is 140 Å². The first-order valence-corrected chi connectivity index (χ1v) is 24.4. The van der Waals surface area contributed by atoms with Crippen LogP contribution in [0.15, 0.2) is 41.7 Å². The van der Waals surface area contributed by atoms with Gasteiger partial charge >= 0.3 is 313 Å². The van der Waals surface area contributed by atoms with Gasteiger partial charge in [0.25, 0.3) is 0 Å². The molecule has 14 nitrogen and oxygen atoms in total. The minimum atomic E-state index is -3.89. The number of alkyl halides is 2. The molecular weight excluding hydrogens is 865 g/mol. The average Bonchev–Trinajstić information content (AvgIpc) is 3.99. The molecule has 4 heterocycles. The quantitative estimate of drug-likeness (QED) is 0.135. The summed E-state index contributed by atoms with van der Waals surface area (Å²) in [5, 5.41) is 5.77. The summed E-state index contributed by atoms with van der Waals surface area (Å²) < 4.78 is 38.8. The fraction of sp³-hybridized carbons (Fsp3) is 0.634. The molecule has 2 bridgehead atoms. The van der Waals surface area contributed by atoms with Gasteiger partial charge in [-0.05, 0) is 19.3 Å². The Kier molecular flexibility index (Phi) is 11.1. The number of aromatic amines is 1. The summed E-state index contributed by atoms with van der Waals surface area (Å²) in [5.74, 6) is -1.58. The van der Waals surface area contributed by atoms with Gasteiger partial charge in [0.2, 0.25) is 0 Å². The minimum absolute atomic E-state index is 0.0276. The van der Waals surface area contributed by atoms with Crippen molar-refractivity contribution in [1.82, 2.24) is 25.2 Å². The van der Waals surface area contributed by atoms with Crippen LogP contribution in [0.4, 0.5) is 4.79 Å². The monoisotopic (exact) mass is 918 g/mol. The molecule has 7 atom stereocenters. The Bertz CT molecular complexity index is 2120. The fourth-order valence-electron chi connectivity index (χ4n) is 9.62. The van der Waals surface area contributed by atoms with Crippen molar-refractivity contribution in [1.29, 1.82) is 0 Å². The molecule has 16 heteroatoms. The van der Waals surface area contributed by atoms with Gasteiger partial charge in [-0.1, -0.05) is 12.5 Å². The Morgan fingerprint density at radius 3 is 2.47 bits per heavy atom. The summed E-state index contributed by atoms with van der Waals surface area (Å²) in [7, 11) is -3.89. The number of halogens is 1. The van der Waals surface area contributed by atoms with Crippen molar-refractivity contribution < 1.29 is 58.3 Å². The van der Waals surface area contributed by atoms with Gasteiger partial charge in [-0.3, -0.25) is 0 Å². The van der Waals surface area contributed by atoms with Gasteiger partial charge in [-0.15, -0.1) is 0 Å². The van der Waals surface area contributed by atoms with Crippen LogP contribution in [0, 0.1) is 11.8 Å².